The van der Waals surface area contributed by atoms with E-state index >= 15 is 0 Å². The molecule has 0 bridgehead atoms. The van der Waals surface area contributed by atoms with Gasteiger partial charge < -0.3 is 25.5 Å². The molecule has 0 amide bonds. The average Bonchev–Trinajstić information content (AvgIpc) is 2.47. The number of aliphatic carboxylic acids is 3. The van der Waals surface area contributed by atoms with Crippen LogP contribution < -0.4 is 0 Å². The molecule has 0 aliphatic heterocycles. The van der Waals surface area contributed by atoms with Crippen LogP contribution in [0.15, 0.2) is 37.0 Å². The molecule has 0 aliphatic rings. The van der Waals surface area contributed by atoms with Gasteiger partial charge in [-0.15, -0.1) is 0 Å². The van der Waals surface area contributed by atoms with Gasteiger partial charge in [-0.2, -0.15) is 0 Å². The Kier molecular flexibility index (Phi) is 24.4. The summed E-state index contributed by atoms with van der Waals surface area (Å²) in [6.45, 7) is 14.1. The summed E-state index contributed by atoms with van der Waals surface area (Å²) >= 11 is 0. The number of rotatable bonds is 5. The van der Waals surface area contributed by atoms with Gasteiger partial charge in [0.25, 0.3) is 0 Å². The van der Waals surface area contributed by atoms with E-state index in [1.807, 2.05) is 0 Å². The lowest BCUT2D eigenvalue weighted by atomic mass is 10.2. The maximum atomic E-state index is 9.60. The molecule has 5 N–H and O–H groups in total. The molecule has 0 aromatic rings. The van der Waals surface area contributed by atoms with E-state index in [4.69, 9.17) is 25.5 Å². The summed E-state index contributed by atoms with van der Waals surface area (Å²) in [5.74, 6) is -2.81. The smallest absolute Gasteiger partial charge is 0.330 e. The molecule has 0 spiro atoms. The van der Waals surface area contributed by atoms with Crippen molar-refractivity contribution in [1.29, 1.82) is 0 Å². The molecule has 0 heterocycles. The molecule has 8 nitrogen and oxygen atoms in total. The third-order valence-electron chi connectivity index (χ3n) is 1.53. The fourth-order valence-corrected chi connectivity index (χ4v) is 0.0577. The summed E-state index contributed by atoms with van der Waals surface area (Å²) in [6.07, 6.45) is 0.833. The first-order chi connectivity index (χ1) is 10.4. The molecule has 0 aromatic heterocycles. The SMILES string of the molecule is C=C(C)C(=O)O.C=C(C)C(=O)O.C=CC(=O)O.CC(CO)CO. The Hall–Kier alpha value is -2.45. The van der Waals surface area contributed by atoms with Crippen molar-refractivity contribution in [1.82, 2.24) is 0 Å². The molecule has 8 heteroatoms. The molecule has 0 fully saturated rings. The van der Waals surface area contributed by atoms with Crippen molar-refractivity contribution in [3.63, 3.8) is 0 Å². The van der Waals surface area contributed by atoms with Crippen molar-refractivity contribution in [3.8, 4) is 0 Å². The second-order valence-corrected chi connectivity index (χ2v) is 4.18. The first-order valence-corrected chi connectivity index (χ1v) is 6.21. The average molecular weight is 334 g/mol. The third-order valence-corrected chi connectivity index (χ3v) is 1.53. The minimum Gasteiger partial charge on any atom is -0.478 e. The fraction of sp³-hybridized carbons (Fsp3) is 0.400. The van der Waals surface area contributed by atoms with Gasteiger partial charge in [-0.1, -0.05) is 26.7 Å². The van der Waals surface area contributed by atoms with Gasteiger partial charge in [0.1, 0.15) is 0 Å². The monoisotopic (exact) mass is 334 g/mol. The first-order valence-electron chi connectivity index (χ1n) is 6.21. The molecule has 0 atom stereocenters. The van der Waals surface area contributed by atoms with Crippen molar-refractivity contribution in [2.75, 3.05) is 13.2 Å². The Morgan fingerprint density at radius 3 is 1.09 bits per heavy atom. The molecular weight excluding hydrogens is 308 g/mol. The molecule has 0 saturated carbocycles. The lowest BCUT2D eigenvalue weighted by molar-refractivity contribution is -0.133. The van der Waals surface area contributed by atoms with Crippen LogP contribution in [-0.2, 0) is 14.4 Å². The van der Waals surface area contributed by atoms with E-state index in [-0.39, 0.29) is 30.3 Å². The molecule has 0 unspecified atom stereocenters. The van der Waals surface area contributed by atoms with Gasteiger partial charge in [-0.25, -0.2) is 14.4 Å². The van der Waals surface area contributed by atoms with E-state index in [0.29, 0.717) is 0 Å². The third kappa shape index (κ3) is 45.1. The van der Waals surface area contributed by atoms with Crippen LogP contribution in [0, 0.1) is 5.92 Å². The van der Waals surface area contributed by atoms with Gasteiger partial charge >= 0.3 is 17.9 Å². The van der Waals surface area contributed by atoms with Crippen LogP contribution >= 0.6 is 0 Å². The van der Waals surface area contributed by atoms with Gasteiger partial charge in [0, 0.05) is 36.4 Å². The number of carboxylic acids is 3. The Labute approximate surface area is 135 Å². The van der Waals surface area contributed by atoms with E-state index in [9.17, 15) is 14.4 Å². The molecule has 0 aromatic carbocycles. The lowest BCUT2D eigenvalue weighted by Gasteiger charge is -1.97. The second-order valence-electron chi connectivity index (χ2n) is 4.18. The highest BCUT2D eigenvalue weighted by atomic mass is 16.4. The number of aliphatic hydroxyl groups is 2. The van der Waals surface area contributed by atoms with Crippen LogP contribution in [-0.4, -0.2) is 56.7 Å². The number of aliphatic hydroxyl groups excluding tert-OH is 2. The van der Waals surface area contributed by atoms with E-state index in [1.165, 1.54) is 13.8 Å². The van der Waals surface area contributed by atoms with Crippen LogP contribution in [0.2, 0.25) is 0 Å². The molecule has 0 saturated heterocycles. The highest BCUT2D eigenvalue weighted by molar-refractivity contribution is 5.85. The standard InChI is InChI=1S/C4H10O2.2C4H6O2.C3H4O2/c1-4(2-5)3-6;2*1-3(2)4(5)6;1-2-3(4)5/h4-6H,2-3H2,1H3;2*1H2,2H3,(H,5,6);2H,1H2,(H,4,5). The maximum absolute atomic E-state index is 9.60. The molecule has 134 valence electrons. The molecule has 0 rings (SSSR count). The van der Waals surface area contributed by atoms with Crippen LogP contribution in [0.3, 0.4) is 0 Å². The summed E-state index contributed by atoms with van der Waals surface area (Å²) in [5.41, 5.74) is 0.352. The molecular formula is C15H26O8. The van der Waals surface area contributed by atoms with Crippen LogP contribution in [0.5, 0.6) is 0 Å². The predicted octanol–water partition coefficient (Wildman–Crippen LogP) is 1.16. The van der Waals surface area contributed by atoms with Crippen LogP contribution in [0.1, 0.15) is 20.8 Å². The van der Waals surface area contributed by atoms with E-state index in [0.717, 1.165) is 6.08 Å². The van der Waals surface area contributed by atoms with Crippen molar-refractivity contribution >= 4 is 17.9 Å². The van der Waals surface area contributed by atoms with Crippen LogP contribution in [0.25, 0.3) is 0 Å². The minimum atomic E-state index is -0.981. The largest absolute Gasteiger partial charge is 0.478 e. The normalized spacial score (nSPS) is 7.91. The summed E-state index contributed by atoms with van der Waals surface area (Å²) in [7, 11) is 0. The summed E-state index contributed by atoms with van der Waals surface area (Å²) in [5, 5.41) is 39.7. The van der Waals surface area contributed by atoms with Gasteiger partial charge in [-0.05, 0) is 13.8 Å². The number of carboxylic acid groups (broad SMARTS) is 3. The Bertz CT molecular complexity index is 346. The summed E-state index contributed by atoms with van der Waals surface area (Å²) < 4.78 is 0. The lowest BCUT2D eigenvalue weighted by Crippen LogP contribution is -2.04. The maximum Gasteiger partial charge on any atom is 0.330 e. The highest BCUT2D eigenvalue weighted by Crippen LogP contribution is 1.85. The predicted molar refractivity (Wildman–Crippen MR) is 86.1 cm³/mol. The van der Waals surface area contributed by atoms with Gasteiger partial charge in [0.15, 0.2) is 0 Å². The Morgan fingerprint density at radius 1 is 0.913 bits per heavy atom. The zero-order valence-electron chi connectivity index (χ0n) is 13.7. The minimum absolute atomic E-state index is 0.0463. The van der Waals surface area contributed by atoms with Crippen molar-refractivity contribution in [2.45, 2.75) is 20.8 Å². The van der Waals surface area contributed by atoms with Gasteiger partial charge in [0.2, 0.25) is 0 Å². The van der Waals surface area contributed by atoms with Crippen LogP contribution in [0.4, 0.5) is 0 Å². The fourth-order valence-electron chi connectivity index (χ4n) is 0.0577. The molecule has 0 aliphatic carbocycles. The number of carbonyl (C=O) groups is 3. The number of hydrogen-bond donors (Lipinski definition) is 5. The molecule has 23 heavy (non-hydrogen) atoms. The van der Waals surface area contributed by atoms with E-state index in [2.05, 4.69) is 19.7 Å². The summed E-state index contributed by atoms with van der Waals surface area (Å²) in [6, 6.07) is 0. The Balaban J connectivity index is -0.000000105. The zero-order chi connectivity index (χ0) is 19.6. The van der Waals surface area contributed by atoms with Crippen molar-refractivity contribution < 1.29 is 39.9 Å². The first kappa shape index (κ1) is 28.7. The number of hydrogen-bond acceptors (Lipinski definition) is 5. The van der Waals surface area contributed by atoms with E-state index < -0.39 is 17.9 Å². The van der Waals surface area contributed by atoms with Crippen molar-refractivity contribution in [3.05, 3.63) is 37.0 Å². The highest BCUT2D eigenvalue weighted by Gasteiger charge is 1.92. The quantitative estimate of drug-likeness (QED) is 0.469. The van der Waals surface area contributed by atoms with Gasteiger partial charge in [0.05, 0.1) is 0 Å². The van der Waals surface area contributed by atoms with E-state index in [1.54, 1.807) is 6.92 Å². The Morgan fingerprint density at radius 2 is 1.09 bits per heavy atom. The van der Waals surface area contributed by atoms with Gasteiger partial charge in [-0.3, -0.25) is 0 Å². The second kappa shape index (κ2) is 19.6. The summed E-state index contributed by atoms with van der Waals surface area (Å²) in [4.78, 5) is 28.4. The topological polar surface area (TPSA) is 152 Å². The zero-order valence-corrected chi connectivity index (χ0v) is 13.7. The molecule has 0 radical (unpaired) electrons. The van der Waals surface area contributed by atoms with Crippen molar-refractivity contribution in [2.24, 2.45) is 5.92 Å².